The first-order valence-corrected chi connectivity index (χ1v) is 7.32. The summed E-state index contributed by atoms with van der Waals surface area (Å²) < 4.78 is 0. The first-order valence-electron chi connectivity index (χ1n) is 7.32. The smallest absolute Gasteiger partial charge is 0.252 e. The predicted molar refractivity (Wildman–Crippen MR) is 77.8 cm³/mol. The van der Waals surface area contributed by atoms with Crippen molar-refractivity contribution in [2.45, 2.75) is 45.6 Å². The monoisotopic (exact) mass is 264 g/mol. The molecule has 2 N–H and O–H groups in total. The largest absolute Gasteiger partial charge is 0.352 e. The summed E-state index contributed by atoms with van der Waals surface area (Å²) in [4.78, 5) is 21.3. The molecule has 1 aromatic rings. The van der Waals surface area contributed by atoms with Crippen molar-refractivity contribution in [1.29, 1.82) is 0 Å². The summed E-state index contributed by atoms with van der Waals surface area (Å²) in [5, 5.41) is 3.41. The number of hydrogen-bond donors (Lipinski definition) is 2. The number of hydrogen-bond acceptors (Lipinski definition) is 4. The Bertz CT molecular complexity index is 457. The summed E-state index contributed by atoms with van der Waals surface area (Å²) in [5.41, 5.74) is -0.0466. The van der Waals surface area contributed by atoms with Gasteiger partial charge in [-0.2, -0.15) is 0 Å². The highest BCUT2D eigenvalue weighted by Gasteiger charge is 2.23. The maximum Gasteiger partial charge on any atom is 0.252 e. The van der Waals surface area contributed by atoms with Crippen molar-refractivity contribution in [3.05, 3.63) is 22.2 Å². The van der Waals surface area contributed by atoms with Gasteiger partial charge < -0.3 is 15.2 Å². The van der Waals surface area contributed by atoms with Gasteiger partial charge in [0.1, 0.15) is 11.6 Å². The van der Waals surface area contributed by atoms with Gasteiger partial charge in [-0.1, -0.05) is 13.8 Å². The van der Waals surface area contributed by atoms with E-state index < -0.39 is 0 Å². The van der Waals surface area contributed by atoms with Crippen LogP contribution in [-0.4, -0.2) is 35.6 Å². The summed E-state index contributed by atoms with van der Waals surface area (Å²) in [6.45, 7) is 7.07. The van der Waals surface area contributed by atoms with E-state index in [4.69, 9.17) is 0 Å². The van der Waals surface area contributed by atoms with Crippen LogP contribution in [0.4, 0.5) is 5.82 Å². The number of aromatic amines is 1. The Hall–Kier alpha value is -1.36. The van der Waals surface area contributed by atoms with Crippen molar-refractivity contribution in [2.24, 2.45) is 0 Å². The molecule has 1 atom stereocenters. The number of aromatic nitrogens is 2. The van der Waals surface area contributed by atoms with E-state index in [1.807, 2.05) is 6.92 Å². The number of H-pyrrole nitrogens is 1. The van der Waals surface area contributed by atoms with Crippen LogP contribution in [0, 0.1) is 0 Å². The Morgan fingerprint density at radius 3 is 3.05 bits per heavy atom. The zero-order valence-corrected chi connectivity index (χ0v) is 11.9. The van der Waals surface area contributed by atoms with E-state index in [0.29, 0.717) is 6.04 Å². The van der Waals surface area contributed by atoms with Crippen LogP contribution in [-0.2, 0) is 6.42 Å². The Morgan fingerprint density at radius 1 is 1.47 bits per heavy atom. The molecule has 0 amide bonds. The van der Waals surface area contributed by atoms with Crippen molar-refractivity contribution in [3.63, 3.8) is 0 Å². The second-order valence-corrected chi connectivity index (χ2v) is 5.05. The molecule has 5 nitrogen and oxygen atoms in total. The molecule has 1 aliphatic rings. The highest BCUT2D eigenvalue weighted by molar-refractivity contribution is 5.39. The molecule has 106 valence electrons. The minimum absolute atomic E-state index is 0.0466. The molecule has 0 saturated carbocycles. The molecule has 1 aliphatic heterocycles. The van der Waals surface area contributed by atoms with Crippen LogP contribution in [0.3, 0.4) is 0 Å². The Balaban J connectivity index is 2.21. The molecule has 1 aromatic heterocycles. The highest BCUT2D eigenvalue weighted by Crippen LogP contribution is 2.21. The third-order valence-corrected chi connectivity index (χ3v) is 3.66. The molecular formula is C14H24N4O. The summed E-state index contributed by atoms with van der Waals surface area (Å²) in [7, 11) is 0. The van der Waals surface area contributed by atoms with Crippen LogP contribution in [0.25, 0.3) is 0 Å². The molecule has 0 aliphatic carbocycles. The van der Waals surface area contributed by atoms with Crippen LogP contribution in [0.15, 0.2) is 10.9 Å². The fraction of sp³-hybridized carbons (Fsp3) is 0.714. The van der Waals surface area contributed by atoms with E-state index in [0.717, 1.165) is 37.7 Å². The highest BCUT2D eigenvalue weighted by atomic mass is 16.1. The number of anilines is 1. The van der Waals surface area contributed by atoms with Gasteiger partial charge in [-0.15, -0.1) is 0 Å². The fourth-order valence-electron chi connectivity index (χ4n) is 2.63. The van der Waals surface area contributed by atoms with Crippen molar-refractivity contribution in [2.75, 3.05) is 24.5 Å². The summed E-state index contributed by atoms with van der Waals surface area (Å²) in [5.74, 6) is 1.61. The van der Waals surface area contributed by atoms with Crippen molar-refractivity contribution in [1.82, 2.24) is 15.3 Å². The number of nitrogens with zero attached hydrogens (tertiary/aromatic N) is 2. The third-order valence-electron chi connectivity index (χ3n) is 3.66. The second kappa shape index (κ2) is 6.70. The van der Waals surface area contributed by atoms with Gasteiger partial charge in [0.2, 0.25) is 0 Å². The Kier molecular flexibility index (Phi) is 4.96. The van der Waals surface area contributed by atoms with E-state index in [2.05, 4.69) is 27.1 Å². The maximum atomic E-state index is 11.7. The molecule has 19 heavy (non-hydrogen) atoms. The average Bonchev–Trinajstić information content (AvgIpc) is 2.44. The van der Waals surface area contributed by atoms with Gasteiger partial charge in [0.05, 0.1) is 0 Å². The summed E-state index contributed by atoms with van der Waals surface area (Å²) in [6.07, 6.45) is 4.37. The number of rotatable bonds is 5. The van der Waals surface area contributed by atoms with E-state index in [1.165, 1.54) is 19.3 Å². The van der Waals surface area contributed by atoms with Crippen molar-refractivity contribution in [3.8, 4) is 0 Å². The number of likely N-dealkylation sites (N-methyl/N-ethyl adjacent to an activating group) is 1. The lowest BCUT2D eigenvalue weighted by Crippen LogP contribution is -2.46. The Morgan fingerprint density at radius 2 is 2.32 bits per heavy atom. The molecule has 0 radical (unpaired) electrons. The molecule has 0 aromatic carbocycles. The van der Waals surface area contributed by atoms with Gasteiger partial charge in [0, 0.05) is 31.6 Å². The molecule has 1 saturated heterocycles. The molecule has 5 heteroatoms. The standard InChI is InChI=1S/C14H24N4O/c1-3-12-16-13(9-14(19)17-12)18-8-6-5-7-11(18)10-15-4-2/h9,11,15H,3-8,10H2,1-2H3,(H,16,17,19). The average molecular weight is 264 g/mol. The van der Waals surface area contributed by atoms with Gasteiger partial charge in [-0.05, 0) is 25.8 Å². The lowest BCUT2D eigenvalue weighted by atomic mass is 10.0. The first-order chi connectivity index (χ1) is 9.24. The summed E-state index contributed by atoms with van der Waals surface area (Å²) >= 11 is 0. The van der Waals surface area contributed by atoms with Gasteiger partial charge in [-0.3, -0.25) is 4.79 Å². The Labute approximate surface area is 114 Å². The van der Waals surface area contributed by atoms with Crippen LogP contribution in [0.5, 0.6) is 0 Å². The molecule has 1 unspecified atom stereocenters. The third kappa shape index (κ3) is 3.56. The topological polar surface area (TPSA) is 61.0 Å². The normalized spacial score (nSPS) is 19.7. The first kappa shape index (κ1) is 14.1. The van der Waals surface area contributed by atoms with Gasteiger partial charge in [0.15, 0.2) is 0 Å². The van der Waals surface area contributed by atoms with Crippen molar-refractivity contribution >= 4 is 5.82 Å². The molecular weight excluding hydrogens is 240 g/mol. The maximum absolute atomic E-state index is 11.7. The van der Waals surface area contributed by atoms with Crippen LogP contribution < -0.4 is 15.8 Å². The molecule has 2 heterocycles. The quantitative estimate of drug-likeness (QED) is 0.841. The molecule has 2 rings (SSSR count). The molecule has 0 spiro atoms. The zero-order valence-electron chi connectivity index (χ0n) is 11.9. The number of aryl methyl sites for hydroxylation is 1. The van der Waals surface area contributed by atoms with E-state index in [1.54, 1.807) is 6.07 Å². The predicted octanol–water partition coefficient (Wildman–Crippen LogP) is 1.30. The van der Waals surface area contributed by atoms with Gasteiger partial charge in [0.25, 0.3) is 5.56 Å². The number of piperidine rings is 1. The summed E-state index contributed by atoms with van der Waals surface area (Å²) in [6, 6.07) is 2.08. The van der Waals surface area contributed by atoms with E-state index in [-0.39, 0.29) is 5.56 Å². The van der Waals surface area contributed by atoms with Crippen LogP contribution in [0.2, 0.25) is 0 Å². The van der Waals surface area contributed by atoms with Crippen LogP contribution in [0.1, 0.15) is 38.9 Å². The van der Waals surface area contributed by atoms with Crippen LogP contribution >= 0.6 is 0 Å². The number of nitrogens with one attached hydrogen (secondary N) is 2. The lowest BCUT2D eigenvalue weighted by Gasteiger charge is -2.36. The van der Waals surface area contributed by atoms with Crippen molar-refractivity contribution < 1.29 is 0 Å². The minimum atomic E-state index is -0.0466. The minimum Gasteiger partial charge on any atom is -0.352 e. The second-order valence-electron chi connectivity index (χ2n) is 5.05. The van der Waals surface area contributed by atoms with Gasteiger partial charge in [-0.25, -0.2) is 4.98 Å². The molecule has 0 bridgehead atoms. The van der Waals surface area contributed by atoms with E-state index in [9.17, 15) is 4.79 Å². The lowest BCUT2D eigenvalue weighted by molar-refractivity contribution is 0.435. The van der Waals surface area contributed by atoms with Gasteiger partial charge >= 0.3 is 0 Å². The SMILES string of the molecule is CCNCC1CCCCN1c1cc(=O)[nH]c(CC)n1. The zero-order chi connectivity index (χ0) is 13.7. The molecule has 1 fully saturated rings. The van der Waals surface area contributed by atoms with E-state index >= 15 is 0 Å². The fourth-order valence-corrected chi connectivity index (χ4v) is 2.63.